The summed E-state index contributed by atoms with van der Waals surface area (Å²) in [4.78, 5) is 24.0. The highest BCUT2D eigenvalue weighted by molar-refractivity contribution is 5.86. The minimum absolute atomic E-state index is 0.0906. The van der Waals surface area contributed by atoms with Gasteiger partial charge in [-0.2, -0.15) is 0 Å². The van der Waals surface area contributed by atoms with Gasteiger partial charge in [-0.1, -0.05) is 13.8 Å². The fourth-order valence-electron chi connectivity index (χ4n) is 4.33. The van der Waals surface area contributed by atoms with Crippen molar-refractivity contribution in [3.8, 4) is 0 Å². The maximum atomic E-state index is 12.7. The molecule has 29 heavy (non-hydrogen) atoms. The van der Waals surface area contributed by atoms with Crippen molar-refractivity contribution in [1.82, 2.24) is 25.5 Å². The van der Waals surface area contributed by atoms with E-state index in [1.807, 2.05) is 12.4 Å². The molecule has 1 aromatic heterocycles. The van der Waals surface area contributed by atoms with E-state index in [-0.39, 0.29) is 17.4 Å². The number of piperidine rings is 1. The number of hydrogen-bond acceptors (Lipinski definition) is 7. The van der Waals surface area contributed by atoms with E-state index in [0.29, 0.717) is 5.95 Å². The molecule has 1 atom stereocenters. The van der Waals surface area contributed by atoms with Crippen LogP contribution < -0.4 is 16.0 Å². The number of rotatable bonds is 5. The van der Waals surface area contributed by atoms with E-state index in [0.717, 1.165) is 77.1 Å². The summed E-state index contributed by atoms with van der Waals surface area (Å²) in [5.41, 5.74) is 0.771. The summed E-state index contributed by atoms with van der Waals surface area (Å²) in [6.07, 6.45) is 7.97. The van der Waals surface area contributed by atoms with Crippen LogP contribution in [-0.2, 0) is 16.1 Å². The van der Waals surface area contributed by atoms with Gasteiger partial charge in [0.15, 0.2) is 0 Å². The highest BCUT2D eigenvalue weighted by atomic mass is 16.5. The minimum Gasteiger partial charge on any atom is -0.376 e. The van der Waals surface area contributed by atoms with Gasteiger partial charge >= 0.3 is 0 Å². The highest BCUT2D eigenvalue weighted by Crippen LogP contribution is 2.28. The van der Waals surface area contributed by atoms with Crippen molar-refractivity contribution in [2.24, 2.45) is 5.41 Å². The van der Waals surface area contributed by atoms with Gasteiger partial charge in [-0.05, 0) is 31.1 Å². The van der Waals surface area contributed by atoms with Gasteiger partial charge in [0.1, 0.15) is 5.54 Å². The molecule has 8 heteroatoms. The van der Waals surface area contributed by atoms with Gasteiger partial charge in [-0.3, -0.25) is 9.69 Å². The summed E-state index contributed by atoms with van der Waals surface area (Å²) in [5, 5.41) is 9.99. The summed E-state index contributed by atoms with van der Waals surface area (Å²) in [6, 6.07) is 0. The zero-order chi connectivity index (χ0) is 20.3. The molecule has 1 spiro atoms. The number of likely N-dealkylation sites (tertiary alicyclic amines) is 1. The molecule has 1 aromatic rings. The van der Waals surface area contributed by atoms with Gasteiger partial charge in [0, 0.05) is 63.8 Å². The van der Waals surface area contributed by atoms with Gasteiger partial charge in [0.2, 0.25) is 11.9 Å². The Hall–Kier alpha value is -1.77. The molecule has 3 saturated heterocycles. The molecule has 0 saturated carbocycles. The lowest BCUT2D eigenvalue weighted by Crippen LogP contribution is -2.60. The fourth-order valence-corrected chi connectivity index (χ4v) is 4.33. The number of aromatic nitrogens is 2. The van der Waals surface area contributed by atoms with E-state index in [4.69, 9.17) is 4.74 Å². The van der Waals surface area contributed by atoms with E-state index in [9.17, 15) is 4.79 Å². The van der Waals surface area contributed by atoms with Gasteiger partial charge in [0.25, 0.3) is 0 Å². The summed E-state index contributed by atoms with van der Waals surface area (Å²) in [7, 11) is 0. The average molecular weight is 403 g/mol. The Labute approximate surface area is 173 Å². The van der Waals surface area contributed by atoms with Crippen LogP contribution in [0, 0.1) is 5.41 Å². The predicted octanol–water partition coefficient (Wildman–Crippen LogP) is 1.15. The molecule has 1 amide bonds. The number of carbonyl (C=O) groups excluding carboxylic acids is 1. The lowest BCUT2D eigenvalue weighted by atomic mass is 9.86. The number of ether oxygens (including phenoxy) is 1. The van der Waals surface area contributed by atoms with Crippen LogP contribution >= 0.6 is 0 Å². The first-order valence-corrected chi connectivity index (χ1v) is 10.9. The molecular weight excluding hydrogens is 368 g/mol. The molecular formula is C21H34N6O2. The molecule has 0 aromatic carbocycles. The number of nitrogens with zero attached hydrogens (tertiary/aromatic N) is 3. The third kappa shape index (κ3) is 5.05. The molecule has 1 unspecified atom stereocenters. The number of amides is 1. The molecule has 4 rings (SSSR count). The van der Waals surface area contributed by atoms with Crippen LogP contribution in [0.4, 0.5) is 5.95 Å². The van der Waals surface area contributed by atoms with Crippen molar-refractivity contribution in [2.75, 3.05) is 44.6 Å². The molecule has 3 fully saturated rings. The molecule has 0 radical (unpaired) electrons. The molecule has 0 bridgehead atoms. The number of carbonyl (C=O) groups is 1. The normalized spacial score (nSPS) is 26.8. The average Bonchev–Trinajstić information content (AvgIpc) is 3.22. The van der Waals surface area contributed by atoms with E-state index in [1.54, 1.807) is 0 Å². The van der Waals surface area contributed by atoms with Crippen LogP contribution in [-0.4, -0.2) is 71.7 Å². The van der Waals surface area contributed by atoms with E-state index < -0.39 is 5.54 Å². The molecule has 160 valence electrons. The highest BCUT2D eigenvalue weighted by Gasteiger charge is 2.44. The smallest absolute Gasteiger partial charge is 0.240 e. The van der Waals surface area contributed by atoms with Crippen LogP contribution in [0.15, 0.2) is 12.4 Å². The van der Waals surface area contributed by atoms with Crippen molar-refractivity contribution in [3.05, 3.63) is 18.0 Å². The first-order chi connectivity index (χ1) is 13.9. The Morgan fingerprint density at radius 1 is 1.24 bits per heavy atom. The van der Waals surface area contributed by atoms with Crippen molar-refractivity contribution in [2.45, 2.75) is 57.7 Å². The zero-order valence-electron chi connectivity index (χ0n) is 17.7. The largest absolute Gasteiger partial charge is 0.376 e. The maximum absolute atomic E-state index is 12.7. The van der Waals surface area contributed by atoms with Crippen molar-refractivity contribution >= 4 is 11.9 Å². The van der Waals surface area contributed by atoms with E-state index in [1.165, 1.54) is 0 Å². The Morgan fingerprint density at radius 3 is 2.69 bits per heavy atom. The van der Waals surface area contributed by atoms with Crippen LogP contribution in [0.5, 0.6) is 0 Å². The summed E-state index contributed by atoms with van der Waals surface area (Å²) < 4.78 is 5.61. The lowest BCUT2D eigenvalue weighted by molar-refractivity contribution is -0.129. The van der Waals surface area contributed by atoms with Crippen LogP contribution in [0.25, 0.3) is 0 Å². The van der Waals surface area contributed by atoms with Crippen LogP contribution in [0.1, 0.15) is 45.1 Å². The molecule has 3 aliphatic rings. The zero-order valence-corrected chi connectivity index (χ0v) is 17.7. The minimum atomic E-state index is -0.420. The van der Waals surface area contributed by atoms with Crippen LogP contribution in [0.2, 0.25) is 0 Å². The summed E-state index contributed by atoms with van der Waals surface area (Å²) in [6.45, 7) is 10.2. The van der Waals surface area contributed by atoms with Crippen LogP contribution in [0.3, 0.4) is 0 Å². The first-order valence-electron chi connectivity index (χ1n) is 10.9. The molecule has 8 nitrogen and oxygen atoms in total. The fraction of sp³-hybridized carbons (Fsp3) is 0.762. The molecule has 4 heterocycles. The summed E-state index contributed by atoms with van der Waals surface area (Å²) >= 11 is 0. The SMILES string of the molecule is CC1(C)CNC(=O)C2(CCN(Cc3cnc(NCC4CCCO4)nc3)CC2)NC1. The van der Waals surface area contributed by atoms with Crippen molar-refractivity contribution in [3.63, 3.8) is 0 Å². The third-order valence-electron chi connectivity index (χ3n) is 6.40. The second kappa shape index (κ2) is 8.53. The standard InChI is InChI=1S/C21H34N6O2/c1-20(2)14-25-18(28)21(26-15-20)5-7-27(8-6-21)13-16-10-22-19(23-11-16)24-12-17-4-3-9-29-17/h10-11,17,26H,3-9,12-15H2,1-2H3,(H,25,28)(H,22,23,24). The Balaban J connectivity index is 1.26. The molecule has 3 N–H and O–H groups in total. The monoisotopic (exact) mass is 402 g/mol. The van der Waals surface area contributed by atoms with E-state index >= 15 is 0 Å². The second-order valence-corrected chi connectivity index (χ2v) is 9.49. The first kappa shape index (κ1) is 20.5. The predicted molar refractivity (Wildman–Crippen MR) is 112 cm³/mol. The van der Waals surface area contributed by atoms with Gasteiger partial charge < -0.3 is 20.7 Å². The quantitative estimate of drug-likeness (QED) is 0.680. The van der Waals surface area contributed by atoms with Crippen molar-refractivity contribution < 1.29 is 9.53 Å². The van der Waals surface area contributed by atoms with E-state index in [2.05, 4.69) is 44.7 Å². The number of nitrogens with one attached hydrogen (secondary N) is 3. The topological polar surface area (TPSA) is 91.4 Å². The maximum Gasteiger partial charge on any atom is 0.240 e. The van der Waals surface area contributed by atoms with Gasteiger partial charge in [-0.25, -0.2) is 9.97 Å². The lowest BCUT2D eigenvalue weighted by Gasteiger charge is -2.40. The summed E-state index contributed by atoms with van der Waals surface area (Å²) in [5.74, 6) is 0.816. The number of hydrogen-bond donors (Lipinski definition) is 3. The Morgan fingerprint density at radius 2 is 2.00 bits per heavy atom. The second-order valence-electron chi connectivity index (χ2n) is 9.49. The molecule has 3 aliphatic heterocycles. The Kier molecular flexibility index (Phi) is 6.03. The molecule has 0 aliphatic carbocycles. The Bertz CT molecular complexity index is 694. The van der Waals surface area contributed by atoms with Gasteiger partial charge in [0.05, 0.1) is 6.10 Å². The number of anilines is 1. The van der Waals surface area contributed by atoms with Crippen molar-refractivity contribution in [1.29, 1.82) is 0 Å². The third-order valence-corrected chi connectivity index (χ3v) is 6.40. The van der Waals surface area contributed by atoms with Gasteiger partial charge in [-0.15, -0.1) is 0 Å².